The van der Waals surface area contributed by atoms with E-state index in [1.54, 1.807) is 24.8 Å². The van der Waals surface area contributed by atoms with Gasteiger partial charge in [-0.1, -0.05) is 0 Å². The molecule has 0 bridgehead atoms. The first-order valence-electron chi connectivity index (χ1n) is 10.2. The van der Waals surface area contributed by atoms with E-state index in [1.165, 1.54) is 4.88 Å². The average molecular weight is 419 g/mol. The minimum Gasteiger partial charge on any atom is -0.444 e. The van der Waals surface area contributed by atoms with Crippen molar-refractivity contribution >= 4 is 33.5 Å². The average Bonchev–Trinajstić information content (AvgIpc) is 3.06. The molecule has 2 saturated heterocycles. The molecular weight excluding hydrogens is 388 g/mol. The Bertz CT molecular complexity index is 876. The van der Waals surface area contributed by atoms with E-state index in [0.29, 0.717) is 0 Å². The van der Waals surface area contributed by atoms with Gasteiger partial charge in [-0.15, -0.1) is 11.3 Å². The van der Waals surface area contributed by atoms with Gasteiger partial charge in [0.05, 0.1) is 12.0 Å². The molecule has 2 fully saturated rings. The maximum absolute atomic E-state index is 12.3. The fourth-order valence-electron chi connectivity index (χ4n) is 4.19. The van der Waals surface area contributed by atoms with Crippen LogP contribution in [-0.2, 0) is 15.9 Å². The number of anilines is 1. The van der Waals surface area contributed by atoms with Crippen LogP contribution in [0, 0.1) is 5.41 Å². The van der Waals surface area contributed by atoms with E-state index >= 15 is 0 Å². The number of hydrogen-bond donors (Lipinski definition) is 0. The molecule has 2 aromatic rings. The Morgan fingerprint density at radius 1 is 1.24 bits per heavy atom. The summed E-state index contributed by atoms with van der Waals surface area (Å²) in [5.74, 6) is 1.04. The number of carbonyl (C=O) groups excluding carboxylic acids is 1. The van der Waals surface area contributed by atoms with Crippen LogP contribution in [0.2, 0.25) is 0 Å². The number of aromatic nitrogens is 2. The van der Waals surface area contributed by atoms with Gasteiger partial charge >= 0.3 is 6.09 Å². The van der Waals surface area contributed by atoms with Crippen molar-refractivity contribution in [3.63, 3.8) is 0 Å². The largest absolute Gasteiger partial charge is 0.444 e. The van der Waals surface area contributed by atoms with Gasteiger partial charge in [0, 0.05) is 50.0 Å². The Morgan fingerprint density at radius 3 is 2.62 bits per heavy atom. The van der Waals surface area contributed by atoms with E-state index in [4.69, 9.17) is 9.47 Å². The van der Waals surface area contributed by atoms with Crippen molar-refractivity contribution in [2.75, 3.05) is 44.8 Å². The van der Waals surface area contributed by atoms with Crippen LogP contribution < -0.4 is 4.90 Å². The zero-order valence-electron chi connectivity index (χ0n) is 17.7. The molecule has 2 aromatic heterocycles. The topological polar surface area (TPSA) is 67.8 Å². The van der Waals surface area contributed by atoms with Gasteiger partial charge in [0.25, 0.3) is 0 Å². The third-order valence-electron chi connectivity index (χ3n) is 5.74. The van der Waals surface area contributed by atoms with Crippen molar-refractivity contribution < 1.29 is 14.3 Å². The molecule has 0 N–H and O–H groups in total. The summed E-state index contributed by atoms with van der Waals surface area (Å²) < 4.78 is 10.7. The van der Waals surface area contributed by atoms with Crippen LogP contribution in [0.3, 0.4) is 0 Å². The highest BCUT2D eigenvalue weighted by Crippen LogP contribution is 2.44. The molecule has 1 spiro atoms. The van der Waals surface area contributed by atoms with Gasteiger partial charge in [0.1, 0.15) is 22.6 Å². The van der Waals surface area contributed by atoms with Crippen LogP contribution in [0.1, 0.15) is 38.5 Å². The fraction of sp³-hybridized carbons (Fsp3) is 0.667. The maximum Gasteiger partial charge on any atom is 0.410 e. The third-order valence-corrected chi connectivity index (χ3v) is 6.84. The summed E-state index contributed by atoms with van der Waals surface area (Å²) in [5, 5.41) is 1.14. The molecule has 0 aliphatic carbocycles. The summed E-state index contributed by atoms with van der Waals surface area (Å²) in [4.78, 5) is 27.9. The Hall–Kier alpha value is -1.93. The van der Waals surface area contributed by atoms with Crippen LogP contribution in [0.4, 0.5) is 10.6 Å². The van der Waals surface area contributed by atoms with Crippen molar-refractivity contribution in [1.82, 2.24) is 14.9 Å². The lowest BCUT2D eigenvalue weighted by molar-refractivity contribution is 0.00593. The molecule has 0 saturated carbocycles. The van der Waals surface area contributed by atoms with Crippen LogP contribution in [0.15, 0.2) is 12.4 Å². The highest BCUT2D eigenvalue weighted by molar-refractivity contribution is 7.18. The quantitative estimate of drug-likeness (QED) is 0.754. The highest BCUT2D eigenvalue weighted by Gasteiger charge is 2.46. The van der Waals surface area contributed by atoms with Crippen molar-refractivity contribution in [2.45, 2.75) is 45.6 Å². The van der Waals surface area contributed by atoms with Crippen LogP contribution in [0.5, 0.6) is 0 Å². The molecule has 158 valence electrons. The predicted molar refractivity (Wildman–Crippen MR) is 115 cm³/mol. The van der Waals surface area contributed by atoms with Crippen molar-refractivity contribution in [3.8, 4) is 0 Å². The van der Waals surface area contributed by atoms with Gasteiger partial charge in [-0.3, -0.25) is 0 Å². The van der Waals surface area contributed by atoms with E-state index in [0.717, 1.165) is 68.1 Å². The standard InChI is InChI=1S/C21H30N4O3S/c1-20(2,3)28-19(26)24-8-6-21(7-9-24)12-25(13-21)17-16-11-15(5-10-27-4)29-18(16)23-14-22-17/h11,14H,5-10,12-13H2,1-4H3. The summed E-state index contributed by atoms with van der Waals surface area (Å²) in [6.45, 7) is 9.96. The number of piperidine rings is 1. The fourth-order valence-corrected chi connectivity index (χ4v) is 5.16. The van der Waals surface area contributed by atoms with E-state index in [-0.39, 0.29) is 11.5 Å². The zero-order chi connectivity index (χ0) is 20.6. The van der Waals surface area contributed by atoms with Crippen molar-refractivity contribution in [3.05, 3.63) is 17.3 Å². The number of ether oxygens (including phenoxy) is 2. The maximum atomic E-state index is 12.3. The number of likely N-dealkylation sites (tertiary alicyclic amines) is 1. The first kappa shape index (κ1) is 20.3. The number of hydrogen-bond acceptors (Lipinski definition) is 7. The van der Waals surface area contributed by atoms with Gasteiger partial charge in [0.2, 0.25) is 0 Å². The molecule has 2 aliphatic rings. The molecule has 7 nitrogen and oxygen atoms in total. The number of thiophene rings is 1. The summed E-state index contributed by atoms with van der Waals surface area (Å²) in [6, 6.07) is 2.21. The smallest absolute Gasteiger partial charge is 0.410 e. The molecule has 0 unspecified atom stereocenters. The van der Waals surface area contributed by atoms with Crippen LogP contribution >= 0.6 is 11.3 Å². The second kappa shape index (κ2) is 7.72. The zero-order valence-corrected chi connectivity index (χ0v) is 18.5. The summed E-state index contributed by atoms with van der Waals surface area (Å²) in [6.07, 6.45) is 4.41. The molecule has 29 heavy (non-hydrogen) atoms. The van der Waals surface area contributed by atoms with Gasteiger partial charge < -0.3 is 19.3 Å². The minimum absolute atomic E-state index is 0.192. The normalized spacial score (nSPS) is 18.9. The first-order chi connectivity index (χ1) is 13.8. The summed E-state index contributed by atoms with van der Waals surface area (Å²) in [7, 11) is 1.73. The van der Waals surface area contributed by atoms with Gasteiger partial charge in [-0.2, -0.15) is 0 Å². The second-order valence-corrected chi connectivity index (χ2v) is 10.3. The third kappa shape index (κ3) is 4.33. The minimum atomic E-state index is -0.444. The lowest BCUT2D eigenvalue weighted by atomic mass is 9.72. The summed E-state index contributed by atoms with van der Waals surface area (Å²) in [5.41, 5.74) is -0.162. The number of carbonyl (C=O) groups is 1. The Labute approximate surface area is 176 Å². The molecule has 0 radical (unpaired) electrons. The summed E-state index contributed by atoms with van der Waals surface area (Å²) >= 11 is 1.72. The van der Waals surface area contributed by atoms with E-state index in [9.17, 15) is 4.79 Å². The molecule has 8 heteroatoms. The molecule has 0 atom stereocenters. The van der Waals surface area contributed by atoms with Gasteiger partial charge in [0.15, 0.2) is 0 Å². The molecule has 4 rings (SSSR count). The second-order valence-electron chi connectivity index (χ2n) is 9.20. The van der Waals surface area contributed by atoms with Crippen LogP contribution in [-0.4, -0.2) is 66.5 Å². The predicted octanol–water partition coefficient (Wildman–Crippen LogP) is 3.72. The SMILES string of the molecule is COCCc1cc2c(N3CC4(CCN(C(=O)OC(C)(C)C)CC4)C3)ncnc2s1. The van der Waals surface area contributed by atoms with Crippen LogP contribution in [0.25, 0.3) is 10.2 Å². The molecule has 4 heterocycles. The van der Waals surface area contributed by atoms with Gasteiger partial charge in [-0.05, 0) is 39.7 Å². The van der Waals surface area contributed by atoms with E-state index < -0.39 is 5.60 Å². The molecular formula is C21H30N4O3S. The van der Waals surface area contributed by atoms with Crippen molar-refractivity contribution in [2.24, 2.45) is 5.41 Å². The molecule has 0 aromatic carbocycles. The highest BCUT2D eigenvalue weighted by atomic mass is 32.1. The lowest BCUT2D eigenvalue weighted by Gasteiger charge is -2.54. The monoisotopic (exact) mass is 418 g/mol. The van der Waals surface area contributed by atoms with Gasteiger partial charge in [-0.25, -0.2) is 14.8 Å². The lowest BCUT2D eigenvalue weighted by Crippen LogP contribution is -2.61. The first-order valence-corrected chi connectivity index (χ1v) is 11.1. The van der Waals surface area contributed by atoms with E-state index in [1.807, 2.05) is 25.7 Å². The number of methoxy groups -OCH3 is 1. The number of fused-ring (bicyclic) bond motifs is 1. The Balaban J connectivity index is 1.38. The van der Waals surface area contributed by atoms with Crippen molar-refractivity contribution in [1.29, 1.82) is 0 Å². The number of amides is 1. The molecule has 1 amide bonds. The van der Waals surface area contributed by atoms with E-state index in [2.05, 4.69) is 20.9 Å². The number of rotatable bonds is 4. The number of nitrogens with zero attached hydrogens (tertiary/aromatic N) is 4. The Kier molecular flexibility index (Phi) is 5.42. The Morgan fingerprint density at radius 2 is 1.97 bits per heavy atom. The molecule has 2 aliphatic heterocycles.